The lowest BCUT2D eigenvalue weighted by molar-refractivity contribution is 0.0525. The van der Waals surface area contributed by atoms with Gasteiger partial charge in [-0.3, -0.25) is 0 Å². The van der Waals surface area contributed by atoms with Gasteiger partial charge in [-0.15, -0.1) is 5.10 Å². The second-order valence-corrected chi connectivity index (χ2v) is 3.37. The lowest BCUT2D eigenvalue weighted by Gasteiger charge is -2.00. The Bertz CT molecular complexity index is 536. The summed E-state index contributed by atoms with van der Waals surface area (Å²) in [6, 6.07) is 0. The van der Waals surface area contributed by atoms with Gasteiger partial charge in [0.15, 0.2) is 5.82 Å². The predicted octanol–water partition coefficient (Wildman–Crippen LogP) is -0.198. The van der Waals surface area contributed by atoms with Crippen molar-refractivity contribution in [3.63, 3.8) is 0 Å². The smallest absolute Gasteiger partial charge is 0.341 e. The van der Waals surface area contributed by atoms with Crippen LogP contribution in [-0.4, -0.2) is 38.7 Å². The van der Waals surface area contributed by atoms with Crippen molar-refractivity contribution in [3.8, 4) is 0 Å². The van der Waals surface area contributed by atoms with E-state index >= 15 is 0 Å². The minimum Gasteiger partial charge on any atom is -0.462 e. The molecule has 2 N–H and O–H groups in total. The lowest BCUT2D eigenvalue weighted by atomic mass is 10.3. The molecule has 2 rings (SSSR count). The summed E-state index contributed by atoms with van der Waals surface area (Å²) in [6.07, 6.45) is 3.56. The van der Waals surface area contributed by atoms with Crippen LogP contribution >= 0.6 is 0 Å². The van der Waals surface area contributed by atoms with Crippen LogP contribution in [0, 0.1) is 0 Å². The molecule has 0 fully saturated rings. The van der Waals surface area contributed by atoms with Crippen LogP contribution in [0.3, 0.4) is 0 Å². The van der Waals surface area contributed by atoms with Gasteiger partial charge < -0.3 is 10.5 Å². The number of rotatable bonds is 4. The number of hydrogen-bond donors (Lipinski definition) is 1. The van der Waals surface area contributed by atoms with Gasteiger partial charge in [0.25, 0.3) is 5.78 Å². The highest BCUT2D eigenvalue weighted by Crippen LogP contribution is 2.03. The molecule has 7 heteroatoms. The maximum atomic E-state index is 11.5. The number of aromatic nitrogens is 4. The van der Waals surface area contributed by atoms with E-state index in [2.05, 4.69) is 15.1 Å². The summed E-state index contributed by atoms with van der Waals surface area (Å²) < 4.78 is 6.33. The number of carbonyl (C=O) groups excluding carboxylic acids is 1. The summed E-state index contributed by atoms with van der Waals surface area (Å²) in [7, 11) is 0. The van der Waals surface area contributed by atoms with E-state index in [0.717, 1.165) is 0 Å². The number of ether oxygens (including phenoxy) is 1. The first-order chi connectivity index (χ1) is 8.24. The van der Waals surface area contributed by atoms with Crippen molar-refractivity contribution in [1.82, 2.24) is 19.6 Å². The van der Waals surface area contributed by atoms with Gasteiger partial charge in [-0.25, -0.2) is 14.3 Å². The fourth-order valence-electron chi connectivity index (χ4n) is 1.38. The Kier molecular flexibility index (Phi) is 3.29. The molecule has 0 saturated carbocycles. The lowest BCUT2D eigenvalue weighted by Crippen LogP contribution is -2.07. The monoisotopic (exact) mass is 235 g/mol. The van der Waals surface area contributed by atoms with Gasteiger partial charge >= 0.3 is 5.97 Å². The quantitative estimate of drug-likeness (QED) is 0.737. The van der Waals surface area contributed by atoms with Crippen LogP contribution in [0.15, 0.2) is 12.4 Å². The van der Waals surface area contributed by atoms with Crippen molar-refractivity contribution in [2.24, 2.45) is 5.73 Å². The number of fused-ring (bicyclic) bond motifs is 1. The van der Waals surface area contributed by atoms with Gasteiger partial charge in [-0.05, 0) is 13.5 Å². The highest BCUT2D eigenvalue weighted by Gasteiger charge is 2.10. The van der Waals surface area contributed by atoms with Gasteiger partial charge in [0.05, 0.1) is 12.2 Å². The fourth-order valence-corrected chi connectivity index (χ4v) is 1.38. The minimum atomic E-state index is -0.419. The summed E-state index contributed by atoms with van der Waals surface area (Å²) in [5, 5.41) is 4.16. The van der Waals surface area contributed by atoms with E-state index in [9.17, 15) is 4.79 Å². The van der Waals surface area contributed by atoms with Crippen molar-refractivity contribution in [3.05, 3.63) is 23.8 Å². The first-order valence-electron chi connectivity index (χ1n) is 5.33. The molecular formula is C10H13N5O2. The normalized spacial score (nSPS) is 10.7. The van der Waals surface area contributed by atoms with Crippen LogP contribution in [0.25, 0.3) is 5.78 Å². The zero-order valence-electron chi connectivity index (χ0n) is 9.46. The molecule has 2 heterocycles. The number of carbonyl (C=O) groups is 1. The van der Waals surface area contributed by atoms with Gasteiger partial charge in [0.1, 0.15) is 0 Å². The minimum absolute atomic E-state index is 0.326. The molecule has 2 aromatic rings. The number of hydrogen-bond acceptors (Lipinski definition) is 6. The Morgan fingerprint density at radius 3 is 3.12 bits per heavy atom. The zero-order valence-corrected chi connectivity index (χ0v) is 9.46. The van der Waals surface area contributed by atoms with Gasteiger partial charge in [0.2, 0.25) is 0 Å². The maximum absolute atomic E-state index is 11.5. The summed E-state index contributed by atoms with van der Waals surface area (Å²) in [4.78, 5) is 19.7. The molecule has 0 saturated heterocycles. The molecule has 7 nitrogen and oxygen atoms in total. The topological polar surface area (TPSA) is 95.4 Å². The van der Waals surface area contributed by atoms with Crippen molar-refractivity contribution in [1.29, 1.82) is 0 Å². The SMILES string of the molecule is CCOC(=O)c1cnc2nc(CCN)nn2c1. The van der Waals surface area contributed by atoms with Crippen molar-refractivity contribution >= 4 is 11.7 Å². The van der Waals surface area contributed by atoms with Crippen LogP contribution < -0.4 is 5.73 Å². The van der Waals surface area contributed by atoms with Gasteiger partial charge in [-0.2, -0.15) is 4.98 Å². The molecule has 17 heavy (non-hydrogen) atoms. The van der Waals surface area contributed by atoms with Crippen molar-refractivity contribution < 1.29 is 9.53 Å². The molecule has 0 atom stereocenters. The largest absolute Gasteiger partial charge is 0.462 e. The Balaban J connectivity index is 2.33. The molecule has 0 spiro atoms. The molecule has 0 aliphatic heterocycles. The van der Waals surface area contributed by atoms with Gasteiger partial charge in [0, 0.05) is 18.8 Å². The van der Waals surface area contributed by atoms with E-state index in [1.54, 1.807) is 13.1 Å². The second kappa shape index (κ2) is 4.88. The third-order valence-corrected chi connectivity index (χ3v) is 2.12. The Labute approximate surface area is 97.6 Å². The van der Waals surface area contributed by atoms with E-state index in [1.807, 2.05) is 0 Å². The predicted molar refractivity (Wildman–Crippen MR) is 59.5 cm³/mol. The maximum Gasteiger partial charge on any atom is 0.341 e. The van der Waals surface area contributed by atoms with Gasteiger partial charge in [-0.1, -0.05) is 0 Å². The highest BCUT2D eigenvalue weighted by atomic mass is 16.5. The van der Waals surface area contributed by atoms with E-state index in [4.69, 9.17) is 10.5 Å². The third-order valence-electron chi connectivity index (χ3n) is 2.12. The number of nitrogens with zero attached hydrogens (tertiary/aromatic N) is 4. The average Bonchev–Trinajstić information content (AvgIpc) is 2.71. The molecular weight excluding hydrogens is 222 g/mol. The number of esters is 1. The van der Waals surface area contributed by atoms with Crippen LogP contribution in [0.1, 0.15) is 23.1 Å². The Morgan fingerprint density at radius 1 is 1.59 bits per heavy atom. The molecule has 0 aromatic carbocycles. The highest BCUT2D eigenvalue weighted by molar-refractivity contribution is 5.88. The summed E-state index contributed by atoms with van der Waals surface area (Å²) >= 11 is 0. The van der Waals surface area contributed by atoms with Crippen LogP contribution in [-0.2, 0) is 11.2 Å². The first-order valence-corrected chi connectivity index (χ1v) is 5.33. The molecule has 90 valence electrons. The molecule has 0 radical (unpaired) electrons. The van der Waals surface area contributed by atoms with E-state index in [0.29, 0.717) is 36.7 Å². The molecule has 0 bridgehead atoms. The van der Waals surface area contributed by atoms with Crippen molar-refractivity contribution in [2.75, 3.05) is 13.2 Å². The standard InChI is InChI=1S/C10H13N5O2/c1-2-17-9(16)7-5-12-10-13-8(3-4-11)14-15(10)6-7/h5-6H,2-4,11H2,1H3. The molecule has 0 amide bonds. The molecule has 0 aliphatic carbocycles. The van der Waals surface area contributed by atoms with Crippen LogP contribution in [0.5, 0.6) is 0 Å². The molecule has 0 unspecified atom stereocenters. The Morgan fingerprint density at radius 2 is 2.41 bits per heavy atom. The summed E-state index contributed by atoms with van der Waals surface area (Å²) in [5.41, 5.74) is 5.77. The second-order valence-electron chi connectivity index (χ2n) is 3.37. The molecule has 2 aromatic heterocycles. The van der Waals surface area contributed by atoms with Crippen molar-refractivity contribution in [2.45, 2.75) is 13.3 Å². The zero-order chi connectivity index (χ0) is 12.3. The first kappa shape index (κ1) is 11.5. The molecule has 0 aliphatic rings. The van der Waals surface area contributed by atoms with E-state index < -0.39 is 5.97 Å². The fraction of sp³-hybridized carbons (Fsp3) is 0.400. The average molecular weight is 235 g/mol. The van der Waals surface area contributed by atoms with E-state index in [-0.39, 0.29) is 0 Å². The van der Waals surface area contributed by atoms with Crippen LogP contribution in [0.2, 0.25) is 0 Å². The van der Waals surface area contributed by atoms with Crippen LogP contribution in [0.4, 0.5) is 0 Å². The van der Waals surface area contributed by atoms with E-state index in [1.165, 1.54) is 10.7 Å². The third kappa shape index (κ3) is 2.39. The summed E-state index contributed by atoms with van der Waals surface area (Å²) in [6.45, 7) is 2.55. The Hall–Kier alpha value is -2.02. The summed E-state index contributed by atoms with van der Waals surface area (Å²) in [5.74, 6) is 0.639. The number of nitrogens with two attached hydrogens (primary N) is 1.